The maximum Gasteiger partial charge on any atom is 0.148 e. The summed E-state index contributed by atoms with van der Waals surface area (Å²) in [6.07, 6.45) is 0. The molecule has 0 heterocycles. The second-order valence-electron chi connectivity index (χ2n) is 1.90. The highest BCUT2D eigenvalue weighted by molar-refractivity contribution is 5.85. The molecule has 0 aliphatic heterocycles. The molecule has 2 nitrogen and oxygen atoms in total. The Bertz CT molecular complexity index is 218. The molecule has 12 heavy (non-hydrogen) atoms. The van der Waals surface area contributed by atoms with Crippen molar-refractivity contribution in [3.63, 3.8) is 0 Å². The Morgan fingerprint density at radius 3 is 1.33 bits per heavy atom. The quantitative estimate of drug-likeness (QED) is 0.652. The van der Waals surface area contributed by atoms with E-state index >= 15 is 0 Å². The summed E-state index contributed by atoms with van der Waals surface area (Å²) in [6.45, 7) is 0. The fraction of sp³-hybridized carbons (Fsp3) is 0. The van der Waals surface area contributed by atoms with E-state index < -0.39 is 11.6 Å². The number of rotatable bonds is 0. The largest absolute Gasteiger partial charge is 0.396 e. The molecule has 0 aliphatic rings. The summed E-state index contributed by atoms with van der Waals surface area (Å²) in [5, 5.41) is 0. The zero-order chi connectivity index (χ0) is 7.72. The van der Waals surface area contributed by atoms with Crippen LogP contribution in [0.1, 0.15) is 0 Å². The highest BCUT2D eigenvalue weighted by atomic mass is 35.5. The van der Waals surface area contributed by atoms with Gasteiger partial charge < -0.3 is 11.5 Å². The summed E-state index contributed by atoms with van der Waals surface area (Å²) in [6, 6.07) is 1.70. The predicted octanol–water partition coefficient (Wildman–Crippen LogP) is 1.97. The van der Waals surface area contributed by atoms with Crippen LogP contribution in [0.2, 0.25) is 0 Å². The number of hydrogen-bond acceptors (Lipinski definition) is 2. The van der Waals surface area contributed by atoms with Crippen LogP contribution in [0, 0.1) is 11.6 Å². The number of nitrogens with two attached hydrogens (primary N) is 2. The Morgan fingerprint density at radius 1 is 0.833 bits per heavy atom. The standard InChI is InChI=1S/C6H6F2N2.2ClH/c7-3-1-5(9)4(8)2-6(3)10;;/h1-2H,9-10H2;2*1H. The first-order valence-corrected chi connectivity index (χ1v) is 2.61. The van der Waals surface area contributed by atoms with Gasteiger partial charge in [-0.25, -0.2) is 8.78 Å². The lowest BCUT2D eigenvalue weighted by Crippen LogP contribution is -1.96. The predicted molar refractivity (Wildman–Crippen MR) is 49.7 cm³/mol. The van der Waals surface area contributed by atoms with Crippen molar-refractivity contribution >= 4 is 36.2 Å². The SMILES string of the molecule is Cl.Cl.Nc1cc(F)c(N)cc1F. The van der Waals surface area contributed by atoms with Crippen LogP contribution in [0.15, 0.2) is 12.1 Å². The van der Waals surface area contributed by atoms with Gasteiger partial charge in [-0.15, -0.1) is 24.8 Å². The summed E-state index contributed by atoms with van der Waals surface area (Å²) in [5.74, 6) is -1.39. The van der Waals surface area contributed by atoms with Gasteiger partial charge in [-0.05, 0) is 0 Å². The minimum Gasteiger partial charge on any atom is -0.396 e. The maximum atomic E-state index is 12.4. The van der Waals surface area contributed by atoms with E-state index in [9.17, 15) is 8.78 Å². The van der Waals surface area contributed by atoms with Crippen molar-refractivity contribution in [3.8, 4) is 0 Å². The van der Waals surface area contributed by atoms with Crippen LogP contribution in [0.4, 0.5) is 20.2 Å². The van der Waals surface area contributed by atoms with Crippen LogP contribution in [-0.2, 0) is 0 Å². The summed E-state index contributed by atoms with van der Waals surface area (Å²) >= 11 is 0. The smallest absolute Gasteiger partial charge is 0.148 e. The molecule has 0 radical (unpaired) electrons. The molecule has 4 N–H and O–H groups in total. The van der Waals surface area contributed by atoms with Gasteiger partial charge >= 0.3 is 0 Å². The van der Waals surface area contributed by atoms with Crippen molar-refractivity contribution in [1.82, 2.24) is 0 Å². The van der Waals surface area contributed by atoms with E-state index in [1.54, 1.807) is 0 Å². The zero-order valence-electron chi connectivity index (χ0n) is 5.88. The lowest BCUT2D eigenvalue weighted by molar-refractivity contribution is 0.608. The van der Waals surface area contributed by atoms with E-state index in [2.05, 4.69) is 0 Å². The van der Waals surface area contributed by atoms with Crippen LogP contribution >= 0.6 is 24.8 Å². The van der Waals surface area contributed by atoms with Crippen LogP contribution in [0.3, 0.4) is 0 Å². The highest BCUT2D eigenvalue weighted by Crippen LogP contribution is 2.17. The Hall–Kier alpha value is -0.740. The van der Waals surface area contributed by atoms with Gasteiger partial charge in [0.15, 0.2) is 0 Å². The van der Waals surface area contributed by atoms with Crippen molar-refractivity contribution in [2.75, 3.05) is 11.5 Å². The second kappa shape index (κ2) is 5.00. The number of nitrogen functional groups attached to an aromatic ring is 2. The van der Waals surface area contributed by atoms with Gasteiger partial charge in [0.25, 0.3) is 0 Å². The number of anilines is 2. The summed E-state index contributed by atoms with van der Waals surface area (Å²) in [4.78, 5) is 0. The lowest BCUT2D eigenvalue weighted by Gasteiger charge is -1.98. The highest BCUT2D eigenvalue weighted by Gasteiger charge is 2.03. The average molecular weight is 217 g/mol. The van der Waals surface area contributed by atoms with Gasteiger partial charge in [0.2, 0.25) is 0 Å². The average Bonchev–Trinajstić information content (AvgIpc) is 1.84. The van der Waals surface area contributed by atoms with Gasteiger partial charge in [-0.3, -0.25) is 0 Å². The van der Waals surface area contributed by atoms with Gasteiger partial charge in [0.05, 0.1) is 11.4 Å². The fourth-order valence-corrected chi connectivity index (χ4v) is 0.578. The Labute approximate surface area is 80.7 Å². The second-order valence-corrected chi connectivity index (χ2v) is 1.90. The van der Waals surface area contributed by atoms with E-state index in [4.69, 9.17) is 11.5 Å². The van der Waals surface area contributed by atoms with Crippen molar-refractivity contribution < 1.29 is 8.78 Å². The first kappa shape index (κ1) is 13.8. The monoisotopic (exact) mass is 216 g/mol. The molecule has 0 amide bonds. The third-order valence-corrected chi connectivity index (χ3v) is 1.12. The van der Waals surface area contributed by atoms with E-state index in [0.29, 0.717) is 0 Å². The first-order chi connectivity index (χ1) is 4.61. The summed E-state index contributed by atoms with van der Waals surface area (Å²) < 4.78 is 24.8. The molecule has 0 aromatic heterocycles. The molecular formula is C6H8Cl2F2N2. The van der Waals surface area contributed by atoms with Crippen LogP contribution < -0.4 is 11.5 Å². The molecule has 6 heteroatoms. The topological polar surface area (TPSA) is 52.0 Å². The van der Waals surface area contributed by atoms with Gasteiger partial charge in [-0.1, -0.05) is 0 Å². The van der Waals surface area contributed by atoms with Crippen molar-refractivity contribution in [3.05, 3.63) is 23.8 Å². The van der Waals surface area contributed by atoms with Gasteiger partial charge in [0.1, 0.15) is 11.6 Å². The van der Waals surface area contributed by atoms with Crippen LogP contribution in [0.25, 0.3) is 0 Å². The van der Waals surface area contributed by atoms with Crippen molar-refractivity contribution in [1.29, 1.82) is 0 Å². The Morgan fingerprint density at radius 2 is 1.08 bits per heavy atom. The van der Waals surface area contributed by atoms with E-state index in [1.807, 2.05) is 0 Å². The third kappa shape index (κ3) is 2.71. The van der Waals surface area contributed by atoms with Crippen molar-refractivity contribution in [2.45, 2.75) is 0 Å². The molecule has 1 rings (SSSR count). The molecule has 0 fully saturated rings. The number of benzene rings is 1. The minimum atomic E-state index is -0.695. The van der Waals surface area contributed by atoms with Gasteiger partial charge in [-0.2, -0.15) is 0 Å². The van der Waals surface area contributed by atoms with E-state index in [0.717, 1.165) is 12.1 Å². The van der Waals surface area contributed by atoms with E-state index in [-0.39, 0.29) is 36.2 Å². The number of halogens is 4. The molecule has 0 aliphatic carbocycles. The van der Waals surface area contributed by atoms with Crippen molar-refractivity contribution in [2.24, 2.45) is 0 Å². The zero-order valence-corrected chi connectivity index (χ0v) is 7.51. The molecule has 0 saturated carbocycles. The molecule has 0 atom stereocenters. The molecule has 1 aromatic carbocycles. The summed E-state index contributed by atoms with van der Waals surface area (Å²) in [7, 11) is 0. The molecular weight excluding hydrogens is 209 g/mol. The molecule has 0 saturated heterocycles. The summed E-state index contributed by atoms with van der Waals surface area (Å²) in [5.41, 5.74) is 9.58. The molecule has 0 spiro atoms. The Kier molecular flexibility index (Phi) is 5.76. The molecule has 1 aromatic rings. The molecule has 0 unspecified atom stereocenters. The number of hydrogen-bond donors (Lipinski definition) is 2. The lowest BCUT2D eigenvalue weighted by atomic mass is 10.2. The normalized spacial score (nSPS) is 8.17. The van der Waals surface area contributed by atoms with Crippen LogP contribution in [0.5, 0.6) is 0 Å². The maximum absolute atomic E-state index is 12.4. The first-order valence-electron chi connectivity index (χ1n) is 2.61. The van der Waals surface area contributed by atoms with Crippen LogP contribution in [-0.4, -0.2) is 0 Å². The minimum absolute atomic E-state index is 0. The van der Waals surface area contributed by atoms with Gasteiger partial charge in [0, 0.05) is 12.1 Å². The third-order valence-electron chi connectivity index (χ3n) is 1.12. The fourth-order valence-electron chi connectivity index (χ4n) is 0.578. The molecule has 0 bridgehead atoms. The molecule has 70 valence electrons. The Balaban J connectivity index is 0. The van der Waals surface area contributed by atoms with E-state index in [1.165, 1.54) is 0 Å².